The third-order valence-electron chi connectivity index (χ3n) is 5.92. The van der Waals surface area contributed by atoms with Crippen LogP contribution in [-0.4, -0.2) is 23.1 Å². The van der Waals surface area contributed by atoms with Crippen LogP contribution in [0.1, 0.15) is 43.9 Å². The highest BCUT2D eigenvalue weighted by Gasteiger charge is 2.48. The highest BCUT2D eigenvalue weighted by molar-refractivity contribution is 5.62. The first kappa shape index (κ1) is 23.0. The summed E-state index contributed by atoms with van der Waals surface area (Å²) in [5, 5.41) is 23.4. The first-order chi connectivity index (χ1) is 15.0. The Bertz CT molecular complexity index is 1110. The molecule has 0 heterocycles. The van der Waals surface area contributed by atoms with Crippen molar-refractivity contribution in [1.82, 2.24) is 0 Å². The SMILES string of the molecule is C=CCOc1ccc(C2(C)CC(C)(C)c3cc([N+](=O)[O-])c(OCC=C)cc32)cc1[N+](=O)[O-]. The van der Waals surface area contributed by atoms with E-state index in [1.165, 1.54) is 18.2 Å². The fourth-order valence-electron chi connectivity index (χ4n) is 4.60. The molecule has 3 rings (SSSR count). The van der Waals surface area contributed by atoms with Crippen LogP contribution in [0.15, 0.2) is 55.6 Å². The predicted molar refractivity (Wildman–Crippen MR) is 122 cm³/mol. The molecule has 1 aliphatic rings. The molecule has 0 saturated carbocycles. The maximum atomic E-state index is 11.7. The standard InChI is InChI=1S/C24H26N2O6/c1-6-10-31-21-9-8-16(12-19(21)25(27)28)24(5)15-23(3,4)17-13-20(26(29)30)22(14-18(17)24)32-11-7-2/h6-9,12-14H,1-2,10-11,15H2,3-5H3. The molecular formula is C24H26N2O6. The van der Waals surface area contributed by atoms with E-state index in [0.717, 1.165) is 16.7 Å². The van der Waals surface area contributed by atoms with Gasteiger partial charge in [-0.1, -0.05) is 52.1 Å². The van der Waals surface area contributed by atoms with Gasteiger partial charge in [0.1, 0.15) is 13.2 Å². The van der Waals surface area contributed by atoms with Gasteiger partial charge in [0.05, 0.1) is 9.85 Å². The van der Waals surface area contributed by atoms with Gasteiger partial charge in [-0.05, 0) is 40.7 Å². The lowest BCUT2D eigenvalue weighted by molar-refractivity contribution is -0.386. The molecular weight excluding hydrogens is 412 g/mol. The summed E-state index contributed by atoms with van der Waals surface area (Å²) in [4.78, 5) is 22.5. The second kappa shape index (κ2) is 8.45. The molecule has 0 fully saturated rings. The Hall–Kier alpha value is -3.68. The van der Waals surface area contributed by atoms with Crippen molar-refractivity contribution in [3.05, 3.63) is 92.6 Å². The molecule has 8 heteroatoms. The van der Waals surface area contributed by atoms with Crippen molar-refractivity contribution in [1.29, 1.82) is 0 Å². The monoisotopic (exact) mass is 438 g/mol. The van der Waals surface area contributed by atoms with Crippen molar-refractivity contribution in [2.45, 2.75) is 38.0 Å². The smallest absolute Gasteiger partial charge is 0.311 e. The Morgan fingerprint density at radius 1 is 0.906 bits per heavy atom. The Labute approximate surface area is 186 Å². The maximum absolute atomic E-state index is 11.7. The van der Waals surface area contributed by atoms with E-state index in [0.29, 0.717) is 6.42 Å². The molecule has 1 unspecified atom stereocenters. The molecule has 0 saturated heterocycles. The number of rotatable bonds is 9. The lowest BCUT2D eigenvalue weighted by Gasteiger charge is -2.28. The summed E-state index contributed by atoms with van der Waals surface area (Å²) in [5.74, 6) is 0.316. The quantitative estimate of drug-likeness (QED) is 0.286. The summed E-state index contributed by atoms with van der Waals surface area (Å²) in [6, 6.07) is 8.18. The van der Waals surface area contributed by atoms with Crippen molar-refractivity contribution in [2.75, 3.05) is 13.2 Å². The summed E-state index contributed by atoms with van der Waals surface area (Å²) in [5.41, 5.74) is 1.14. The van der Waals surface area contributed by atoms with Crippen molar-refractivity contribution >= 4 is 11.4 Å². The van der Waals surface area contributed by atoms with Gasteiger partial charge in [-0.2, -0.15) is 0 Å². The fraction of sp³-hybridized carbons (Fsp3) is 0.333. The minimum Gasteiger partial charge on any atom is -0.483 e. The van der Waals surface area contributed by atoms with E-state index in [1.54, 1.807) is 18.2 Å². The number of ether oxygens (including phenoxy) is 2. The lowest BCUT2D eigenvalue weighted by atomic mass is 9.75. The lowest BCUT2D eigenvalue weighted by Crippen LogP contribution is -2.23. The van der Waals surface area contributed by atoms with Gasteiger partial charge in [0.2, 0.25) is 0 Å². The predicted octanol–water partition coefficient (Wildman–Crippen LogP) is 5.62. The van der Waals surface area contributed by atoms with Gasteiger partial charge in [-0.3, -0.25) is 20.2 Å². The van der Waals surface area contributed by atoms with Crippen LogP contribution >= 0.6 is 0 Å². The second-order valence-electron chi connectivity index (χ2n) is 8.65. The van der Waals surface area contributed by atoms with E-state index >= 15 is 0 Å². The molecule has 0 radical (unpaired) electrons. The summed E-state index contributed by atoms with van der Waals surface area (Å²) >= 11 is 0. The molecule has 1 atom stereocenters. The molecule has 0 bridgehead atoms. The minimum atomic E-state index is -0.623. The number of nitrogens with zero attached hydrogens (tertiary/aromatic N) is 2. The normalized spacial score (nSPS) is 18.5. The van der Waals surface area contributed by atoms with Gasteiger partial charge < -0.3 is 9.47 Å². The van der Waals surface area contributed by atoms with Gasteiger partial charge in [0.15, 0.2) is 11.5 Å². The number of benzene rings is 2. The number of fused-ring (bicyclic) bond motifs is 1. The average molecular weight is 438 g/mol. The van der Waals surface area contributed by atoms with Gasteiger partial charge in [-0.25, -0.2) is 0 Å². The number of hydrogen-bond acceptors (Lipinski definition) is 6. The fourth-order valence-corrected chi connectivity index (χ4v) is 4.60. The van der Waals surface area contributed by atoms with Crippen LogP contribution in [0.3, 0.4) is 0 Å². The van der Waals surface area contributed by atoms with Crippen molar-refractivity contribution in [3.63, 3.8) is 0 Å². The van der Waals surface area contributed by atoms with Crippen molar-refractivity contribution in [3.8, 4) is 11.5 Å². The van der Waals surface area contributed by atoms with Crippen LogP contribution in [-0.2, 0) is 10.8 Å². The zero-order valence-electron chi connectivity index (χ0n) is 18.4. The van der Waals surface area contributed by atoms with Crippen molar-refractivity contribution in [2.24, 2.45) is 0 Å². The van der Waals surface area contributed by atoms with Crippen LogP contribution in [0.4, 0.5) is 11.4 Å². The molecule has 2 aromatic carbocycles. The summed E-state index contributed by atoms with van der Waals surface area (Å²) in [6.45, 7) is 13.5. The molecule has 32 heavy (non-hydrogen) atoms. The Balaban J connectivity index is 2.20. The molecule has 0 aromatic heterocycles. The molecule has 2 aromatic rings. The molecule has 0 spiro atoms. The van der Waals surface area contributed by atoms with Crippen LogP contribution in [0.5, 0.6) is 11.5 Å². The summed E-state index contributed by atoms with van der Waals surface area (Å²) in [7, 11) is 0. The zero-order chi connectivity index (χ0) is 23.7. The van der Waals surface area contributed by atoms with E-state index in [9.17, 15) is 20.2 Å². The Kier molecular flexibility index (Phi) is 6.07. The number of nitro benzene ring substituents is 2. The Morgan fingerprint density at radius 2 is 1.47 bits per heavy atom. The van der Waals surface area contributed by atoms with E-state index in [2.05, 4.69) is 13.2 Å². The first-order valence-electron chi connectivity index (χ1n) is 10.1. The van der Waals surface area contributed by atoms with E-state index < -0.39 is 20.7 Å². The van der Waals surface area contributed by atoms with Crippen LogP contribution < -0.4 is 9.47 Å². The molecule has 8 nitrogen and oxygen atoms in total. The second-order valence-corrected chi connectivity index (χ2v) is 8.65. The molecule has 168 valence electrons. The maximum Gasteiger partial charge on any atom is 0.311 e. The van der Waals surface area contributed by atoms with Gasteiger partial charge in [0, 0.05) is 17.5 Å². The van der Waals surface area contributed by atoms with Crippen LogP contribution in [0.25, 0.3) is 0 Å². The molecule has 0 N–H and O–H groups in total. The van der Waals surface area contributed by atoms with Crippen molar-refractivity contribution < 1.29 is 19.3 Å². The van der Waals surface area contributed by atoms with Gasteiger partial charge >= 0.3 is 11.4 Å². The van der Waals surface area contributed by atoms with Crippen LogP contribution in [0, 0.1) is 20.2 Å². The summed E-state index contributed by atoms with van der Waals surface area (Å²) < 4.78 is 11.0. The van der Waals surface area contributed by atoms with Gasteiger partial charge in [-0.15, -0.1) is 0 Å². The number of hydrogen-bond donors (Lipinski definition) is 0. The van der Waals surface area contributed by atoms with E-state index in [1.807, 2.05) is 26.8 Å². The topological polar surface area (TPSA) is 105 Å². The zero-order valence-corrected chi connectivity index (χ0v) is 18.4. The molecule has 1 aliphatic carbocycles. The minimum absolute atomic E-state index is 0.109. The summed E-state index contributed by atoms with van der Waals surface area (Å²) in [6.07, 6.45) is 3.65. The van der Waals surface area contributed by atoms with Crippen LogP contribution in [0.2, 0.25) is 0 Å². The third-order valence-corrected chi connectivity index (χ3v) is 5.92. The number of nitro groups is 2. The van der Waals surface area contributed by atoms with E-state index in [4.69, 9.17) is 9.47 Å². The average Bonchev–Trinajstić information content (AvgIpc) is 2.95. The van der Waals surface area contributed by atoms with Gasteiger partial charge in [0.25, 0.3) is 0 Å². The molecule has 0 aliphatic heterocycles. The highest BCUT2D eigenvalue weighted by atomic mass is 16.6. The first-order valence-corrected chi connectivity index (χ1v) is 10.1. The third kappa shape index (κ3) is 3.95. The molecule has 0 amide bonds. The largest absolute Gasteiger partial charge is 0.483 e. The highest BCUT2D eigenvalue weighted by Crippen LogP contribution is 2.55. The Morgan fingerprint density at radius 3 is 2.03 bits per heavy atom. The van der Waals surface area contributed by atoms with E-state index in [-0.39, 0.29) is 36.1 Å².